The van der Waals surface area contributed by atoms with Gasteiger partial charge in [-0.1, -0.05) is 42.5 Å². The molecule has 2 aromatic carbocycles. The SMILES string of the molecule is COc1ccc(C(C)(C)C(=O)N(Cc2ccccc2)C(C)C)cc1. The molecular weight excluding hydrogens is 298 g/mol. The molecule has 0 N–H and O–H groups in total. The Morgan fingerprint density at radius 3 is 2.12 bits per heavy atom. The number of amides is 1. The van der Waals surface area contributed by atoms with Gasteiger partial charge in [-0.05, 0) is 51.0 Å². The highest BCUT2D eigenvalue weighted by atomic mass is 16.5. The fourth-order valence-corrected chi connectivity index (χ4v) is 2.76. The fraction of sp³-hybridized carbons (Fsp3) is 0.381. The molecule has 24 heavy (non-hydrogen) atoms. The van der Waals surface area contributed by atoms with Crippen LogP contribution in [-0.4, -0.2) is 24.0 Å². The molecule has 0 aliphatic heterocycles. The Hall–Kier alpha value is -2.29. The van der Waals surface area contributed by atoms with Crippen LogP contribution in [0.15, 0.2) is 54.6 Å². The van der Waals surface area contributed by atoms with Crippen molar-refractivity contribution in [2.75, 3.05) is 7.11 Å². The lowest BCUT2D eigenvalue weighted by Gasteiger charge is -2.35. The van der Waals surface area contributed by atoms with Gasteiger partial charge in [0.05, 0.1) is 12.5 Å². The van der Waals surface area contributed by atoms with Crippen LogP contribution >= 0.6 is 0 Å². The minimum absolute atomic E-state index is 0.131. The average Bonchev–Trinajstić information content (AvgIpc) is 2.59. The smallest absolute Gasteiger partial charge is 0.233 e. The standard InChI is InChI=1S/C21H27NO2/c1-16(2)22(15-17-9-7-6-8-10-17)20(23)21(3,4)18-11-13-19(24-5)14-12-18/h6-14,16H,15H2,1-5H3. The maximum Gasteiger partial charge on any atom is 0.233 e. The van der Waals surface area contributed by atoms with E-state index in [4.69, 9.17) is 4.74 Å². The van der Waals surface area contributed by atoms with E-state index in [0.717, 1.165) is 16.9 Å². The molecule has 0 atom stereocenters. The number of benzene rings is 2. The van der Waals surface area contributed by atoms with E-state index in [1.807, 2.05) is 61.2 Å². The molecule has 0 saturated carbocycles. The number of hydrogen-bond acceptors (Lipinski definition) is 2. The number of rotatable bonds is 6. The van der Waals surface area contributed by atoms with Crippen LogP contribution in [0.3, 0.4) is 0 Å². The Morgan fingerprint density at radius 2 is 1.62 bits per heavy atom. The third-order valence-electron chi connectivity index (χ3n) is 4.43. The zero-order valence-corrected chi connectivity index (χ0v) is 15.2. The first-order valence-electron chi connectivity index (χ1n) is 8.35. The summed E-state index contributed by atoms with van der Waals surface area (Å²) in [5.74, 6) is 0.929. The largest absolute Gasteiger partial charge is 0.497 e. The molecule has 0 aromatic heterocycles. The average molecular weight is 325 g/mol. The highest BCUT2D eigenvalue weighted by Gasteiger charge is 2.34. The van der Waals surface area contributed by atoms with Gasteiger partial charge in [0.15, 0.2) is 0 Å². The van der Waals surface area contributed by atoms with Crippen molar-refractivity contribution >= 4 is 5.91 Å². The predicted octanol–water partition coefficient (Wildman–Crippen LogP) is 4.41. The minimum Gasteiger partial charge on any atom is -0.497 e. The maximum atomic E-state index is 13.3. The summed E-state index contributed by atoms with van der Waals surface area (Å²) in [7, 11) is 1.64. The molecule has 0 heterocycles. The third-order valence-corrected chi connectivity index (χ3v) is 4.43. The van der Waals surface area contributed by atoms with Gasteiger partial charge in [0.25, 0.3) is 0 Å². The van der Waals surface area contributed by atoms with Crippen molar-refractivity contribution in [2.45, 2.75) is 45.7 Å². The summed E-state index contributed by atoms with van der Waals surface area (Å²) in [6, 6.07) is 18.0. The molecule has 0 aliphatic carbocycles. The van der Waals surface area contributed by atoms with Crippen molar-refractivity contribution < 1.29 is 9.53 Å². The molecule has 2 aromatic rings. The zero-order valence-electron chi connectivity index (χ0n) is 15.2. The van der Waals surface area contributed by atoms with Crippen molar-refractivity contribution in [1.29, 1.82) is 0 Å². The highest BCUT2D eigenvalue weighted by Crippen LogP contribution is 2.29. The summed E-state index contributed by atoms with van der Waals surface area (Å²) >= 11 is 0. The molecule has 0 spiro atoms. The van der Waals surface area contributed by atoms with Gasteiger partial charge in [-0.25, -0.2) is 0 Å². The van der Waals surface area contributed by atoms with E-state index < -0.39 is 5.41 Å². The zero-order chi connectivity index (χ0) is 17.7. The summed E-state index contributed by atoms with van der Waals surface area (Å²) in [5, 5.41) is 0. The predicted molar refractivity (Wildman–Crippen MR) is 98.1 cm³/mol. The van der Waals surface area contributed by atoms with Crippen molar-refractivity contribution in [3.8, 4) is 5.75 Å². The van der Waals surface area contributed by atoms with Gasteiger partial charge in [0.1, 0.15) is 5.75 Å². The molecule has 0 unspecified atom stereocenters. The minimum atomic E-state index is -0.592. The van der Waals surface area contributed by atoms with Gasteiger partial charge < -0.3 is 9.64 Å². The molecule has 0 fully saturated rings. The van der Waals surface area contributed by atoms with Crippen LogP contribution in [0, 0.1) is 0 Å². The van der Waals surface area contributed by atoms with Gasteiger partial charge in [0, 0.05) is 12.6 Å². The summed E-state index contributed by atoms with van der Waals surface area (Å²) < 4.78 is 5.21. The summed E-state index contributed by atoms with van der Waals surface area (Å²) in [4.78, 5) is 15.2. The molecule has 128 valence electrons. The maximum absolute atomic E-state index is 13.3. The van der Waals surface area contributed by atoms with Crippen LogP contribution in [0.1, 0.15) is 38.8 Å². The summed E-state index contributed by atoms with van der Waals surface area (Å²) in [6.07, 6.45) is 0. The van der Waals surface area contributed by atoms with Crippen molar-refractivity contribution in [3.05, 3.63) is 65.7 Å². The molecule has 0 aliphatic rings. The van der Waals surface area contributed by atoms with Crippen molar-refractivity contribution in [2.24, 2.45) is 0 Å². The van der Waals surface area contributed by atoms with E-state index in [-0.39, 0.29) is 11.9 Å². The van der Waals surface area contributed by atoms with E-state index in [0.29, 0.717) is 6.54 Å². The Kier molecular flexibility index (Phi) is 5.66. The number of ether oxygens (including phenoxy) is 1. The second-order valence-corrected chi connectivity index (χ2v) is 6.87. The van der Waals surface area contributed by atoms with Crippen LogP contribution < -0.4 is 4.74 Å². The van der Waals surface area contributed by atoms with Crippen LogP contribution in [0.25, 0.3) is 0 Å². The van der Waals surface area contributed by atoms with Crippen molar-refractivity contribution in [1.82, 2.24) is 4.90 Å². The normalized spacial score (nSPS) is 11.4. The van der Waals surface area contributed by atoms with Gasteiger partial charge in [-0.2, -0.15) is 0 Å². The number of nitrogens with zero attached hydrogens (tertiary/aromatic N) is 1. The van der Waals surface area contributed by atoms with Gasteiger partial charge in [-0.3, -0.25) is 4.79 Å². The van der Waals surface area contributed by atoms with Crippen molar-refractivity contribution in [3.63, 3.8) is 0 Å². The Bertz CT molecular complexity index is 660. The van der Waals surface area contributed by atoms with Gasteiger partial charge in [-0.15, -0.1) is 0 Å². The lowest BCUT2D eigenvalue weighted by atomic mass is 9.82. The topological polar surface area (TPSA) is 29.5 Å². The van der Waals surface area contributed by atoms with E-state index in [2.05, 4.69) is 26.0 Å². The van der Waals surface area contributed by atoms with Crippen LogP contribution in [0.2, 0.25) is 0 Å². The number of carbonyl (C=O) groups excluding carboxylic acids is 1. The monoisotopic (exact) mass is 325 g/mol. The number of carbonyl (C=O) groups is 1. The molecule has 3 heteroatoms. The quantitative estimate of drug-likeness (QED) is 0.787. The third kappa shape index (κ3) is 3.97. The number of hydrogen-bond donors (Lipinski definition) is 0. The molecule has 3 nitrogen and oxygen atoms in total. The fourth-order valence-electron chi connectivity index (χ4n) is 2.76. The first-order chi connectivity index (χ1) is 11.4. The Labute approximate surface area is 145 Å². The molecular formula is C21H27NO2. The van der Waals surface area contributed by atoms with E-state index in [9.17, 15) is 4.79 Å². The lowest BCUT2D eigenvalue weighted by Crippen LogP contribution is -2.46. The lowest BCUT2D eigenvalue weighted by molar-refractivity contribution is -0.138. The second kappa shape index (κ2) is 7.52. The summed E-state index contributed by atoms with van der Waals surface area (Å²) in [5.41, 5.74) is 1.54. The highest BCUT2D eigenvalue weighted by molar-refractivity contribution is 5.87. The van der Waals surface area contributed by atoms with Crippen LogP contribution in [0.4, 0.5) is 0 Å². The van der Waals surface area contributed by atoms with E-state index in [1.54, 1.807) is 7.11 Å². The Morgan fingerprint density at radius 1 is 1.04 bits per heavy atom. The van der Waals surface area contributed by atoms with Gasteiger partial charge in [0.2, 0.25) is 5.91 Å². The van der Waals surface area contributed by atoms with E-state index in [1.165, 1.54) is 0 Å². The molecule has 0 saturated heterocycles. The molecule has 0 bridgehead atoms. The molecule has 1 amide bonds. The number of methoxy groups -OCH3 is 1. The Balaban J connectivity index is 2.26. The first-order valence-corrected chi connectivity index (χ1v) is 8.35. The van der Waals surface area contributed by atoms with Crippen LogP contribution in [-0.2, 0) is 16.8 Å². The first kappa shape index (κ1) is 18.1. The molecule has 0 radical (unpaired) electrons. The van der Waals surface area contributed by atoms with Gasteiger partial charge >= 0.3 is 0 Å². The second-order valence-electron chi connectivity index (χ2n) is 6.87. The van der Waals surface area contributed by atoms with Crippen LogP contribution in [0.5, 0.6) is 5.75 Å². The van der Waals surface area contributed by atoms with E-state index >= 15 is 0 Å². The molecule has 2 rings (SSSR count). The summed E-state index contributed by atoms with van der Waals surface area (Å²) in [6.45, 7) is 8.71.